The first-order chi connectivity index (χ1) is 15.0. The second-order valence-corrected chi connectivity index (χ2v) is 7.88. The zero-order valence-electron chi connectivity index (χ0n) is 15.9. The molecule has 5 nitrogen and oxygen atoms in total. The average molecular weight is 449 g/mol. The van der Waals surface area contributed by atoms with Gasteiger partial charge in [0.25, 0.3) is 5.91 Å². The third kappa shape index (κ3) is 3.42. The smallest absolute Gasteiger partial charge is 0.311 e. The number of benzene rings is 3. The van der Waals surface area contributed by atoms with Gasteiger partial charge in [0.2, 0.25) is 5.89 Å². The largest absolute Gasteiger partial charge is 0.479 e. The van der Waals surface area contributed by atoms with Gasteiger partial charge in [0.15, 0.2) is 5.69 Å². The predicted octanol–water partition coefficient (Wildman–Crippen LogP) is 4.23. The molecule has 5 rings (SSSR count). The lowest BCUT2D eigenvalue weighted by Crippen LogP contribution is -2.24. The second-order valence-electron chi connectivity index (χ2n) is 7.04. The van der Waals surface area contributed by atoms with Crippen molar-refractivity contribution >= 4 is 34.7 Å². The van der Waals surface area contributed by atoms with Crippen molar-refractivity contribution in [1.29, 1.82) is 0 Å². The summed E-state index contributed by atoms with van der Waals surface area (Å²) in [5.74, 6) is -1.15. The van der Waals surface area contributed by atoms with Crippen LogP contribution in [-0.2, 0) is 4.79 Å². The predicted molar refractivity (Wildman–Crippen MR) is 117 cm³/mol. The molecule has 0 radical (unpaired) electrons. The quantitative estimate of drug-likeness (QED) is 0.506. The van der Waals surface area contributed by atoms with E-state index >= 15 is 0 Å². The van der Waals surface area contributed by atoms with Gasteiger partial charge in [-0.05, 0) is 23.3 Å². The molecule has 0 saturated carbocycles. The molecule has 1 aromatic heterocycles. The Kier molecular flexibility index (Phi) is 4.85. The van der Waals surface area contributed by atoms with Gasteiger partial charge in [-0.25, -0.2) is 9.98 Å². The zero-order chi connectivity index (χ0) is 21.5. The molecule has 1 amide bonds. The maximum absolute atomic E-state index is 12.7. The van der Waals surface area contributed by atoms with Crippen molar-refractivity contribution < 1.29 is 14.3 Å². The van der Waals surface area contributed by atoms with Crippen LogP contribution in [0.15, 0.2) is 82.2 Å². The number of oxazole rings is 1. The fourth-order valence-electron chi connectivity index (χ4n) is 3.75. The standard InChI is InChI=1S/C24H14Cl2N2O3/c25-15-11-16-19(22(29)27-20(16)17(26)12-15)21-24(30)31-23(28-21)18(13-7-3-1-4-8-13)14-9-5-2-6-10-14/h1-12,18,30H. The fraction of sp³-hybridized carbons (Fsp3) is 0.0417. The normalized spacial score (nSPS) is 12.9. The SMILES string of the molecule is O=C1N=c2c(Cl)cc(Cl)cc2=C1c1nc(C(c2ccccc2)c2ccccc2)oc1O. The van der Waals surface area contributed by atoms with Gasteiger partial charge in [-0.3, -0.25) is 4.79 Å². The third-order valence-electron chi connectivity index (χ3n) is 5.10. The molecule has 0 unspecified atom stereocenters. The minimum Gasteiger partial charge on any atom is -0.479 e. The second kappa shape index (κ2) is 7.69. The molecule has 0 bridgehead atoms. The Balaban J connectivity index is 1.72. The fourth-order valence-corrected chi connectivity index (χ4v) is 4.29. The zero-order valence-corrected chi connectivity index (χ0v) is 17.4. The van der Waals surface area contributed by atoms with Gasteiger partial charge in [0, 0.05) is 10.2 Å². The minimum absolute atomic E-state index is 0.0118. The molecule has 0 atom stereocenters. The number of fused-ring (bicyclic) bond motifs is 1. The van der Waals surface area contributed by atoms with Crippen molar-refractivity contribution in [3.05, 3.63) is 116 Å². The van der Waals surface area contributed by atoms with Crippen LogP contribution < -0.4 is 10.6 Å². The highest BCUT2D eigenvalue weighted by atomic mass is 35.5. The van der Waals surface area contributed by atoms with Crippen LogP contribution in [0.3, 0.4) is 0 Å². The number of aromatic hydroxyl groups is 1. The first kappa shape index (κ1) is 19.5. The van der Waals surface area contributed by atoms with Crippen molar-refractivity contribution in [2.45, 2.75) is 5.92 Å². The van der Waals surface area contributed by atoms with E-state index in [1.807, 2.05) is 60.7 Å². The third-order valence-corrected chi connectivity index (χ3v) is 5.61. The highest BCUT2D eigenvalue weighted by molar-refractivity contribution is 6.35. The topological polar surface area (TPSA) is 75.7 Å². The number of hydrogen-bond donors (Lipinski definition) is 1. The summed E-state index contributed by atoms with van der Waals surface area (Å²) in [5, 5.41) is 11.9. The molecule has 1 aliphatic rings. The molecule has 152 valence electrons. The highest BCUT2D eigenvalue weighted by Gasteiger charge is 2.30. The molecule has 0 spiro atoms. The average Bonchev–Trinajstić information content (AvgIpc) is 3.29. The van der Waals surface area contributed by atoms with Gasteiger partial charge >= 0.3 is 5.95 Å². The number of carbonyl (C=O) groups is 1. The lowest BCUT2D eigenvalue weighted by Gasteiger charge is -2.14. The van der Waals surface area contributed by atoms with Gasteiger partial charge in [-0.2, -0.15) is 0 Å². The summed E-state index contributed by atoms with van der Waals surface area (Å²) in [6, 6.07) is 22.4. The Morgan fingerprint density at radius 2 is 1.52 bits per heavy atom. The van der Waals surface area contributed by atoms with Crippen LogP contribution in [0.25, 0.3) is 5.57 Å². The molecule has 0 saturated heterocycles. The minimum atomic E-state index is -0.565. The summed E-state index contributed by atoms with van der Waals surface area (Å²) in [4.78, 5) is 21.2. The Bertz CT molecular complexity index is 1390. The van der Waals surface area contributed by atoms with E-state index in [2.05, 4.69) is 9.98 Å². The Morgan fingerprint density at radius 3 is 2.13 bits per heavy atom. The van der Waals surface area contributed by atoms with E-state index in [0.717, 1.165) is 11.1 Å². The molecular weight excluding hydrogens is 435 g/mol. The monoisotopic (exact) mass is 448 g/mol. The van der Waals surface area contributed by atoms with Crippen LogP contribution in [0.5, 0.6) is 5.95 Å². The van der Waals surface area contributed by atoms with Crippen molar-refractivity contribution in [3.8, 4) is 5.95 Å². The summed E-state index contributed by atoms with van der Waals surface area (Å²) in [6.07, 6.45) is 0. The van der Waals surface area contributed by atoms with E-state index in [0.29, 0.717) is 15.6 Å². The molecule has 1 N–H and O–H groups in total. The first-order valence-electron chi connectivity index (χ1n) is 9.45. The van der Waals surface area contributed by atoms with Gasteiger partial charge in [0.05, 0.1) is 21.9 Å². The molecule has 2 heterocycles. The van der Waals surface area contributed by atoms with Crippen LogP contribution in [0.4, 0.5) is 0 Å². The van der Waals surface area contributed by atoms with Crippen LogP contribution >= 0.6 is 23.2 Å². The van der Waals surface area contributed by atoms with Crippen LogP contribution in [-0.4, -0.2) is 16.0 Å². The number of rotatable bonds is 4. The number of amides is 1. The van der Waals surface area contributed by atoms with Crippen molar-refractivity contribution in [2.75, 3.05) is 0 Å². The van der Waals surface area contributed by atoms with Crippen molar-refractivity contribution in [3.63, 3.8) is 0 Å². The number of carbonyl (C=O) groups excluding carboxylic acids is 1. The van der Waals surface area contributed by atoms with E-state index in [9.17, 15) is 9.90 Å². The maximum Gasteiger partial charge on any atom is 0.311 e. The molecule has 1 aliphatic heterocycles. The van der Waals surface area contributed by atoms with Crippen LogP contribution in [0.1, 0.15) is 28.6 Å². The van der Waals surface area contributed by atoms with Gasteiger partial charge in [0.1, 0.15) is 0 Å². The van der Waals surface area contributed by atoms with Crippen LogP contribution in [0.2, 0.25) is 10.0 Å². The summed E-state index contributed by atoms with van der Waals surface area (Å²) in [5.41, 5.74) is 1.98. The number of hydrogen-bond acceptors (Lipinski definition) is 4. The first-order valence-corrected chi connectivity index (χ1v) is 10.2. The Hall–Kier alpha value is -3.41. The molecule has 4 aromatic rings. The van der Waals surface area contributed by atoms with Crippen molar-refractivity contribution in [1.82, 2.24) is 4.98 Å². The van der Waals surface area contributed by atoms with E-state index in [1.54, 1.807) is 6.07 Å². The lowest BCUT2D eigenvalue weighted by atomic mass is 9.91. The van der Waals surface area contributed by atoms with E-state index in [1.165, 1.54) is 6.07 Å². The molecule has 0 aliphatic carbocycles. The lowest BCUT2D eigenvalue weighted by molar-refractivity contribution is -0.112. The number of aromatic nitrogens is 1. The maximum atomic E-state index is 12.7. The molecule has 0 fully saturated rings. The molecular formula is C24H14Cl2N2O3. The summed E-state index contributed by atoms with van der Waals surface area (Å²) in [6.45, 7) is 0. The Labute approximate surface area is 186 Å². The highest BCUT2D eigenvalue weighted by Crippen LogP contribution is 2.36. The molecule has 7 heteroatoms. The summed E-state index contributed by atoms with van der Waals surface area (Å²) < 4.78 is 5.69. The molecule has 3 aromatic carbocycles. The summed E-state index contributed by atoms with van der Waals surface area (Å²) >= 11 is 12.3. The number of halogens is 2. The van der Waals surface area contributed by atoms with Crippen molar-refractivity contribution in [2.24, 2.45) is 4.99 Å². The molecule has 31 heavy (non-hydrogen) atoms. The van der Waals surface area contributed by atoms with E-state index in [-0.39, 0.29) is 28.1 Å². The Morgan fingerprint density at radius 1 is 0.903 bits per heavy atom. The van der Waals surface area contributed by atoms with Gasteiger partial charge in [-0.1, -0.05) is 83.9 Å². The van der Waals surface area contributed by atoms with E-state index in [4.69, 9.17) is 27.6 Å². The van der Waals surface area contributed by atoms with Gasteiger partial charge < -0.3 is 9.52 Å². The van der Waals surface area contributed by atoms with Crippen LogP contribution in [0, 0.1) is 0 Å². The summed E-state index contributed by atoms with van der Waals surface area (Å²) in [7, 11) is 0. The number of nitrogens with zero attached hydrogens (tertiary/aromatic N) is 2. The van der Waals surface area contributed by atoms with E-state index < -0.39 is 11.9 Å². The van der Waals surface area contributed by atoms with Gasteiger partial charge in [-0.15, -0.1) is 0 Å².